The van der Waals surface area contributed by atoms with Crippen LogP contribution in [0.1, 0.15) is 5.76 Å². The van der Waals surface area contributed by atoms with Crippen LogP contribution in [0.4, 0.5) is 0 Å². The standard InChI is InChI=1S/C13H9N3O2S2/c14-4-7-20-13-15-10-3-6-19-11(10)12(17)16(13)8-9-2-1-5-18-9/h1-3,5-6H,7-8H2. The van der Waals surface area contributed by atoms with Gasteiger partial charge in [0.05, 0.1) is 30.1 Å². The first-order chi connectivity index (χ1) is 9.79. The third kappa shape index (κ3) is 2.35. The van der Waals surface area contributed by atoms with E-state index in [1.165, 1.54) is 23.1 Å². The molecule has 7 heteroatoms. The average molecular weight is 303 g/mol. The lowest BCUT2D eigenvalue weighted by Crippen LogP contribution is -2.23. The van der Waals surface area contributed by atoms with Gasteiger partial charge in [0.2, 0.25) is 0 Å². The molecule has 0 saturated heterocycles. The molecule has 0 spiro atoms. The van der Waals surface area contributed by atoms with Gasteiger partial charge in [-0.2, -0.15) is 5.26 Å². The molecule has 0 radical (unpaired) electrons. The van der Waals surface area contributed by atoms with Gasteiger partial charge < -0.3 is 4.42 Å². The zero-order valence-corrected chi connectivity index (χ0v) is 11.9. The fraction of sp³-hybridized carbons (Fsp3) is 0.154. The van der Waals surface area contributed by atoms with Crippen LogP contribution in [-0.4, -0.2) is 15.3 Å². The van der Waals surface area contributed by atoms with Crippen molar-refractivity contribution in [1.29, 1.82) is 5.26 Å². The molecule has 5 nitrogen and oxygen atoms in total. The average Bonchev–Trinajstić information content (AvgIpc) is 3.11. The van der Waals surface area contributed by atoms with Gasteiger partial charge >= 0.3 is 0 Å². The Morgan fingerprint density at radius 1 is 1.50 bits per heavy atom. The largest absolute Gasteiger partial charge is 0.467 e. The summed E-state index contributed by atoms with van der Waals surface area (Å²) in [6.45, 7) is 0.320. The maximum absolute atomic E-state index is 12.5. The van der Waals surface area contributed by atoms with E-state index in [-0.39, 0.29) is 11.3 Å². The van der Waals surface area contributed by atoms with Crippen LogP contribution in [0, 0.1) is 11.3 Å². The van der Waals surface area contributed by atoms with Crippen molar-refractivity contribution in [1.82, 2.24) is 9.55 Å². The van der Waals surface area contributed by atoms with E-state index in [2.05, 4.69) is 11.1 Å². The smallest absolute Gasteiger partial charge is 0.272 e. The van der Waals surface area contributed by atoms with E-state index in [0.717, 1.165) is 0 Å². The van der Waals surface area contributed by atoms with Crippen LogP contribution >= 0.6 is 23.1 Å². The Morgan fingerprint density at radius 3 is 3.15 bits per heavy atom. The Labute approximate surface area is 122 Å². The van der Waals surface area contributed by atoms with Gasteiger partial charge in [-0.1, -0.05) is 11.8 Å². The number of fused-ring (bicyclic) bond motifs is 1. The van der Waals surface area contributed by atoms with Crippen molar-refractivity contribution < 1.29 is 4.42 Å². The van der Waals surface area contributed by atoms with E-state index in [1.807, 2.05) is 17.5 Å². The van der Waals surface area contributed by atoms with E-state index in [1.54, 1.807) is 16.9 Å². The second-order valence-corrected chi connectivity index (χ2v) is 5.81. The number of rotatable bonds is 4. The number of nitrogens with zero attached hydrogens (tertiary/aromatic N) is 3. The maximum atomic E-state index is 12.5. The number of thiophene rings is 1. The monoisotopic (exact) mass is 303 g/mol. The zero-order chi connectivity index (χ0) is 13.9. The first-order valence-corrected chi connectivity index (χ1v) is 7.66. The third-order valence-electron chi connectivity index (χ3n) is 2.69. The molecule has 3 aromatic rings. The normalized spacial score (nSPS) is 10.8. The molecular weight excluding hydrogens is 294 g/mol. The van der Waals surface area contributed by atoms with Gasteiger partial charge in [-0.3, -0.25) is 9.36 Å². The Hall–Kier alpha value is -2.04. The molecule has 20 heavy (non-hydrogen) atoms. The van der Waals surface area contributed by atoms with Crippen molar-refractivity contribution in [3.63, 3.8) is 0 Å². The fourth-order valence-corrected chi connectivity index (χ4v) is 3.27. The van der Waals surface area contributed by atoms with E-state index in [0.29, 0.717) is 27.7 Å². The number of furan rings is 1. The summed E-state index contributed by atoms with van der Waals surface area (Å²) in [5.74, 6) is 0.934. The first kappa shape index (κ1) is 13.0. The lowest BCUT2D eigenvalue weighted by molar-refractivity contribution is 0.477. The Kier molecular flexibility index (Phi) is 3.58. The summed E-state index contributed by atoms with van der Waals surface area (Å²) in [6, 6.07) is 7.45. The Balaban J connectivity index is 2.13. The summed E-state index contributed by atoms with van der Waals surface area (Å²) in [7, 11) is 0. The maximum Gasteiger partial charge on any atom is 0.272 e. The molecule has 3 aromatic heterocycles. The van der Waals surface area contributed by atoms with Crippen molar-refractivity contribution in [3.8, 4) is 6.07 Å². The molecule has 0 aliphatic carbocycles. The lowest BCUT2D eigenvalue weighted by Gasteiger charge is -2.09. The molecule has 3 heterocycles. The minimum atomic E-state index is -0.0955. The number of nitriles is 1. The summed E-state index contributed by atoms with van der Waals surface area (Å²) in [5, 5.41) is 11.1. The SMILES string of the molecule is N#CCSc1nc2ccsc2c(=O)n1Cc1ccco1. The van der Waals surface area contributed by atoms with Gasteiger partial charge in [-0.05, 0) is 23.6 Å². The minimum absolute atomic E-state index is 0.0955. The molecule has 0 saturated carbocycles. The molecule has 0 aromatic carbocycles. The van der Waals surface area contributed by atoms with E-state index >= 15 is 0 Å². The highest BCUT2D eigenvalue weighted by atomic mass is 32.2. The van der Waals surface area contributed by atoms with E-state index < -0.39 is 0 Å². The second-order valence-electron chi connectivity index (χ2n) is 3.95. The summed E-state index contributed by atoms with van der Waals surface area (Å²) in [6.07, 6.45) is 1.57. The van der Waals surface area contributed by atoms with Gasteiger partial charge in [0, 0.05) is 0 Å². The van der Waals surface area contributed by atoms with Crippen molar-refractivity contribution in [2.24, 2.45) is 0 Å². The van der Waals surface area contributed by atoms with Crippen LogP contribution in [0.5, 0.6) is 0 Å². The molecule has 0 aliphatic rings. The molecule has 0 unspecified atom stereocenters. The molecule has 0 fully saturated rings. The lowest BCUT2D eigenvalue weighted by atomic mass is 10.4. The highest BCUT2D eigenvalue weighted by Gasteiger charge is 2.13. The minimum Gasteiger partial charge on any atom is -0.467 e. The summed E-state index contributed by atoms with van der Waals surface area (Å²) < 4.78 is 7.47. The Bertz CT molecular complexity index is 828. The van der Waals surface area contributed by atoms with Crippen molar-refractivity contribution in [2.45, 2.75) is 11.7 Å². The highest BCUT2D eigenvalue weighted by molar-refractivity contribution is 7.99. The number of hydrogen-bond acceptors (Lipinski definition) is 6. The predicted molar refractivity (Wildman–Crippen MR) is 78.0 cm³/mol. The first-order valence-electron chi connectivity index (χ1n) is 5.80. The number of hydrogen-bond donors (Lipinski definition) is 0. The van der Waals surface area contributed by atoms with Gasteiger partial charge in [0.25, 0.3) is 5.56 Å². The van der Waals surface area contributed by atoms with Gasteiger partial charge in [-0.15, -0.1) is 11.3 Å². The topological polar surface area (TPSA) is 71.8 Å². The molecule has 0 aliphatic heterocycles. The summed E-state index contributed by atoms with van der Waals surface area (Å²) in [4.78, 5) is 17.0. The molecule has 0 atom stereocenters. The van der Waals surface area contributed by atoms with E-state index in [4.69, 9.17) is 9.68 Å². The Morgan fingerprint density at radius 2 is 2.40 bits per heavy atom. The van der Waals surface area contributed by atoms with Gasteiger partial charge in [0.15, 0.2) is 5.16 Å². The van der Waals surface area contributed by atoms with E-state index in [9.17, 15) is 4.79 Å². The van der Waals surface area contributed by atoms with Crippen molar-refractivity contribution >= 4 is 33.3 Å². The number of aromatic nitrogens is 2. The predicted octanol–water partition coefficient (Wildman–Crippen LogP) is 2.71. The van der Waals surface area contributed by atoms with Crippen molar-refractivity contribution in [2.75, 3.05) is 5.75 Å². The van der Waals surface area contributed by atoms with Crippen molar-refractivity contribution in [3.05, 3.63) is 46.0 Å². The molecule has 0 N–H and O–H groups in total. The molecule has 0 amide bonds. The van der Waals surface area contributed by atoms with Crippen LogP contribution in [0.15, 0.2) is 44.2 Å². The van der Waals surface area contributed by atoms with Gasteiger partial charge in [0.1, 0.15) is 10.5 Å². The van der Waals surface area contributed by atoms with Crippen LogP contribution in [-0.2, 0) is 6.54 Å². The quantitative estimate of drug-likeness (QED) is 0.547. The molecule has 0 bridgehead atoms. The van der Waals surface area contributed by atoms with Crippen LogP contribution in [0.2, 0.25) is 0 Å². The second kappa shape index (κ2) is 5.53. The fourth-order valence-electron chi connectivity index (χ4n) is 1.83. The van der Waals surface area contributed by atoms with Crippen LogP contribution < -0.4 is 5.56 Å². The molecular formula is C13H9N3O2S2. The summed E-state index contributed by atoms with van der Waals surface area (Å²) >= 11 is 2.63. The van der Waals surface area contributed by atoms with Crippen LogP contribution in [0.3, 0.4) is 0 Å². The third-order valence-corrected chi connectivity index (χ3v) is 4.43. The highest BCUT2D eigenvalue weighted by Crippen LogP contribution is 2.21. The summed E-state index contributed by atoms with van der Waals surface area (Å²) in [5.41, 5.74) is 0.581. The zero-order valence-electron chi connectivity index (χ0n) is 10.3. The number of thioether (sulfide) groups is 1. The molecule has 3 rings (SSSR count). The van der Waals surface area contributed by atoms with Crippen LogP contribution in [0.25, 0.3) is 10.2 Å². The molecule has 100 valence electrons. The van der Waals surface area contributed by atoms with Gasteiger partial charge in [-0.25, -0.2) is 4.98 Å².